The lowest BCUT2D eigenvalue weighted by atomic mass is 10.3. The molecule has 1 heterocycles. The van der Waals surface area contributed by atoms with Crippen molar-refractivity contribution >= 4 is 29.1 Å². The molecule has 1 rings (SSSR count). The zero-order chi connectivity index (χ0) is 9.84. The second-order valence-electron chi connectivity index (χ2n) is 3.72. The Morgan fingerprint density at radius 2 is 2.31 bits per heavy atom. The number of nitrogens with one attached hydrogen (secondary N) is 1. The van der Waals surface area contributed by atoms with E-state index in [0.717, 1.165) is 11.7 Å². The quantitative estimate of drug-likeness (QED) is 0.674. The summed E-state index contributed by atoms with van der Waals surface area (Å²) < 4.78 is 0. The topological polar surface area (TPSA) is 15.3 Å². The van der Waals surface area contributed by atoms with Crippen LogP contribution in [0.5, 0.6) is 0 Å². The molecule has 1 N–H and O–H groups in total. The summed E-state index contributed by atoms with van der Waals surface area (Å²) in [6, 6.07) is 1.02. The molecule has 0 aliphatic carbocycles. The normalized spacial score (nSPS) is 23.4. The molecule has 0 saturated carbocycles. The lowest BCUT2D eigenvalue weighted by Gasteiger charge is -2.35. The van der Waals surface area contributed by atoms with Crippen LogP contribution in [0, 0.1) is 0 Å². The van der Waals surface area contributed by atoms with E-state index in [1.807, 2.05) is 11.8 Å². The van der Waals surface area contributed by atoms with Crippen LogP contribution in [-0.4, -0.2) is 40.1 Å². The monoisotopic (exact) mass is 218 g/mol. The van der Waals surface area contributed by atoms with E-state index in [4.69, 9.17) is 12.2 Å². The van der Waals surface area contributed by atoms with Crippen molar-refractivity contribution in [2.75, 3.05) is 18.1 Å². The SMILES string of the molecule is CC(C)NC(=S)N1CCSCC1C. The number of nitrogens with zero attached hydrogens (tertiary/aromatic N) is 1. The maximum absolute atomic E-state index is 5.33. The number of hydrogen-bond donors (Lipinski definition) is 1. The molecule has 1 aliphatic heterocycles. The van der Waals surface area contributed by atoms with Gasteiger partial charge in [-0.2, -0.15) is 11.8 Å². The van der Waals surface area contributed by atoms with Gasteiger partial charge in [-0.3, -0.25) is 0 Å². The van der Waals surface area contributed by atoms with Gasteiger partial charge >= 0.3 is 0 Å². The summed E-state index contributed by atoms with van der Waals surface area (Å²) in [7, 11) is 0. The maximum Gasteiger partial charge on any atom is 0.169 e. The standard InChI is InChI=1S/C9H18N2S2/c1-7(2)10-9(12)11-4-5-13-6-8(11)3/h7-8H,4-6H2,1-3H3,(H,10,12). The summed E-state index contributed by atoms with van der Waals surface area (Å²) in [6.45, 7) is 7.57. The van der Waals surface area contributed by atoms with Gasteiger partial charge in [0.25, 0.3) is 0 Å². The fourth-order valence-corrected chi connectivity index (χ4v) is 2.88. The summed E-state index contributed by atoms with van der Waals surface area (Å²) in [4.78, 5) is 2.30. The summed E-state index contributed by atoms with van der Waals surface area (Å²) >= 11 is 7.35. The van der Waals surface area contributed by atoms with Crippen molar-refractivity contribution in [3.8, 4) is 0 Å². The van der Waals surface area contributed by atoms with E-state index in [2.05, 4.69) is 31.0 Å². The predicted octanol–water partition coefficient (Wildman–Crippen LogP) is 1.71. The fraction of sp³-hybridized carbons (Fsp3) is 0.889. The van der Waals surface area contributed by atoms with E-state index in [1.165, 1.54) is 11.5 Å². The van der Waals surface area contributed by atoms with Crippen LogP contribution in [0.1, 0.15) is 20.8 Å². The van der Waals surface area contributed by atoms with Crippen molar-refractivity contribution < 1.29 is 0 Å². The Hall–Kier alpha value is 0.0400. The van der Waals surface area contributed by atoms with Gasteiger partial charge in [0, 0.05) is 30.1 Å². The second-order valence-corrected chi connectivity index (χ2v) is 5.26. The molecule has 2 nitrogen and oxygen atoms in total. The highest BCUT2D eigenvalue weighted by molar-refractivity contribution is 7.99. The fourth-order valence-electron chi connectivity index (χ4n) is 1.36. The third-order valence-corrected chi connectivity index (χ3v) is 3.58. The van der Waals surface area contributed by atoms with Crippen LogP contribution >= 0.6 is 24.0 Å². The molecule has 0 radical (unpaired) electrons. The molecule has 0 aromatic rings. The molecule has 0 bridgehead atoms. The van der Waals surface area contributed by atoms with Crippen LogP contribution in [-0.2, 0) is 0 Å². The van der Waals surface area contributed by atoms with Gasteiger partial charge in [-0.25, -0.2) is 0 Å². The summed E-state index contributed by atoms with van der Waals surface area (Å²) in [5.74, 6) is 2.39. The van der Waals surface area contributed by atoms with Crippen molar-refractivity contribution in [1.82, 2.24) is 10.2 Å². The average molecular weight is 218 g/mol. The number of thiocarbonyl (C=S) groups is 1. The van der Waals surface area contributed by atoms with E-state index in [0.29, 0.717) is 12.1 Å². The van der Waals surface area contributed by atoms with Gasteiger partial charge < -0.3 is 10.2 Å². The Labute approximate surface area is 90.4 Å². The number of rotatable bonds is 1. The smallest absolute Gasteiger partial charge is 0.169 e. The Morgan fingerprint density at radius 1 is 1.62 bits per heavy atom. The molecule has 1 atom stereocenters. The first-order valence-corrected chi connectivity index (χ1v) is 6.32. The molecule has 1 unspecified atom stereocenters. The summed E-state index contributed by atoms with van der Waals surface area (Å²) in [6.07, 6.45) is 0. The first-order valence-electron chi connectivity index (χ1n) is 4.76. The van der Waals surface area contributed by atoms with Crippen LogP contribution in [0.3, 0.4) is 0 Å². The van der Waals surface area contributed by atoms with E-state index in [1.54, 1.807) is 0 Å². The number of thioether (sulfide) groups is 1. The second kappa shape index (κ2) is 5.05. The Kier molecular flexibility index (Phi) is 4.32. The van der Waals surface area contributed by atoms with Gasteiger partial charge in [-0.1, -0.05) is 0 Å². The van der Waals surface area contributed by atoms with E-state index in [-0.39, 0.29) is 0 Å². The van der Waals surface area contributed by atoms with Crippen molar-refractivity contribution in [2.24, 2.45) is 0 Å². The van der Waals surface area contributed by atoms with Gasteiger partial charge in [-0.15, -0.1) is 0 Å². The molecule has 76 valence electrons. The lowest BCUT2D eigenvalue weighted by Crippen LogP contribution is -2.50. The summed E-state index contributed by atoms with van der Waals surface area (Å²) in [5, 5.41) is 4.21. The first-order chi connectivity index (χ1) is 6.11. The highest BCUT2D eigenvalue weighted by Crippen LogP contribution is 2.15. The van der Waals surface area contributed by atoms with Gasteiger partial charge in [0.05, 0.1) is 0 Å². The van der Waals surface area contributed by atoms with Crippen molar-refractivity contribution in [1.29, 1.82) is 0 Å². The Bertz CT molecular complexity index is 182. The molecule has 0 spiro atoms. The van der Waals surface area contributed by atoms with Crippen LogP contribution in [0.15, 0.2) is 0 Å². The number of hydrogen-bond acceptors (Lipinski definition) is 2. The molecule has 1 aliphatic rings. The van der Waals surface area contributed by atoms with Crippen molar-refractivity contribution in [3.63, 3.8) is 0 Å². The molecular formula is C9H18N2S2. The van der Waals surface area contributed by atoms with E-state index < -0.39 is 0 Å². The molecule has 0 aromatic heterocycles. The first kappa shape index (κ1) is 11.1. The maximum atomic E-state index is 5.33. The molecular weight excluding hydrogens is 200 g/mol. The highest BCUT2D eigenvalue weighted by Gasteiger charge is 2.20. The third-order valence-electron chi connectivity index (χ3n) is 2.04. The zero-order valence-corrected chi connectivity index (χ0v) is 10.2. The van der Waals surface area contributed by atoms with Gasteiger partial charge in [0.15, 0.2) is 5.11 Å². The molecule has 13 heavy (non-hydrogen) atoms. The minimum Gasteiger partial charge on any atom is -0.360 e. The van der Waals surface area contributed by atoms with Gasteiger partial charge in [0.2, 0.25) is 0 Å². The van der Waals surface area contributed by atoms with Gasteiger partial charge in [-0.05, 0) is 33.0 Å². The van der Waals surface area contributed by atoms with Crippen molar-refractivity contribution in [2.45, 2.75) is 32.9 Å². The van der Waals surface area contributed by atoms with Crippen LogP contribution in [0.4, 0.5) is 0 Å². The predicted molar refractivity (Wildman–Crippen MR) is 64.4 cm³/mol. The summed E-state index contributed by atoms with van der Waals surface area (Å²) in [5.41, 5.74) is 0. The molecule has 1 saturated heterocycles. The van der Waals surface area contributed by atoms with Gasteiger partial charge in [0.1, 0.15) is 0 Å². The lowest BCUT2D eigenvalue weighted by molar-refractivity contribution is 0.356. The largest absolute Gasteiger partial charge is 0.360 e. The van der Waals surface area contributed by atoms with E-state index in [9.17, 15) is 0 Å². The molecule has 0 amide bonds. The average Bonchev–Trinajstić information content (AvgIpc) is 2.03. The molecule has 1 fully saturated rings. The minimum atomic E-state index is 0.439. The van der Waals surface area contributed by atoms with Crippen LogP contribution in [0.2, 0.25) is 0 Å². The Balaban J connectivity index is 2.44. The van der Waals surface area contributed by atoms with Crippen molar-refractivity contribution in [3.05, 3.63) is 0 Å². The van der Waals surface area contributed by atoms with Crippen LogP contribution in [0.25, 0.3) is 0 Å². The molecule has 4 heteroatoms. The highest BCUT2D eigenvalue weighted by atomic mass is 32.2. The zero-order valence-electron chi connectivity index (χ0n) is 8.54. The third kappa shape index (κ3) is 3.35. The minimum absolute atomic E-state index is 0.439. The van der Waals surface area contributed by atoms with Crippen LogP contribution < -0.4 is 5.32 Å². The van der Waals surface area contributed by atoms with E-state index >= 15 is 0 Å². The molecule has 0 aromatic carbocycles. The Morgan fingerprint density at radius 3 is 2.85 bits per heavy atom.